The summed E-state index contributed by atoms with van der Waals surface area (Å²) in [6.45, 7) is 0.521. The van der Waals surface area contributed by atoms with Crippen LogP contribution in [0.3, 0.4) is 0 Å². The highest BCUT2D eigenvalue weighted by Gasteiger charge is 2.15. The lowest BCUT2D eigenvalue weighted by atomic mass is 10.1. The highest BCUT2D eigenvalue weighted by Crippen LogP contribution is 2.20. The van der Waals surface area contributed by atoms with E-state index in [0.717, 1.165) is 12.0 Å². The van der Waals surface area contributed by atoms with Crippen LogP contribution in [0.2, 0.25) is 0 Å². The zero-order chi connectivity index (χ0) is 20.7. The second-order valence-corrected chi connectivity index (χ2v) is 8.04. The first kappa shape index (κ1) is 20.4. The highest BCUT2D eigenvalue weighted by atomic mass is 32.2. The number of rotatable bonds is 8. The molecule has 0 bridgehead atoms. The molecule has 3 aromatic rings. The number of hydrogen-bond acceptors (Lipinski definition) is 4. The average molecular weight is 410 g/mol. The topological polar surface area (TPSA) is 84.5 Å². The van der Waals surface area contributed by atoms with Crippen LogP contribution in [-0.2, 0) is 16.4 Å². The molecule has 0 radical (unpaired) electrons. The van der Waals surface area contributed by atoms with Gasteiger partial charge in [0, 0.05) is 23.9 Å². The minimum atomic E-state index is -3.75. The fourth-order valence-electron chi connectivity index (χ4n) is 2.74. The molecule has 0 heterocycles. The standard InChI is InChI=1S/C22H22N2O4S/c1-28-20-8-5-9-21(16-20)29(26,27)24-19-12-10-18(11-13-19)22(25)23-15-14-17-6-3-2-4-7-17/h2-13,16,24H,14-15H2,1H3,(H,23,25). The van der Waals surface area contributed by atoms with Gasteiger partial charge in [-0.05, 0) is 48.4 Å². The zero-order valence-corrected chi connectivity index (χ0v) is 16.8. The van der Waals surface area contributed by atoms with Gasteiger partial charge in [-0.15, -0.1) is 0 Å². The molecule has 0 fully saturated rings. The predicted molar refractivity (Wildman–Crippen MR) is 113 cm³/mol. The lowest BCUT2D eigenvalue weighted by molar-refractivity contribution is 0.0954. The molecular formula is C22H22N2O4S. The van der Waals surface area contributed by atoms with Crippen molar-refractivity contribution in [1.29, 1.82) is 0 Å². The molecule has 0 aromatic heterocycles. The van der Waals surface area contributed by atoms with Gasteiger partial charge in [-0.25, -0.2) is 8.42 Å². The van der Waals surface area contributed by atoms with Crippen LogP contribution in [-0.4, -0.2) is 28.0 Å². The number of ether oxygens (including phenoxy) is 1. The maximum atomic E-state index is 12.5. The summed E-state index contributed by atoms with van der Waals surface area (Å²) in [4.78, 5) is 12.4. The maximum absolute atomic E-state index is 12.5. The normalized spacial score (nSPS) is 10.9. The molecule has 0 aliphatic heterocycles. The molecule has 0 spiro atoms. The molecule has 6 nitrogen and oxygen atoms in total. The number of carbonyl (C=O) groups is 1. The van der Waals surface area contributed by atoms with Gasteiger partial charge in [-0.2, -0.15) is 0 Å². The summed E-state index contributed by atoms with van der Waals surface area (Å²) in [5.74, 6) is 0.249. The van der Waals surface area contributed by atoms with E-state index in [0.29, 0.717) is 23.5 Å². The Morgan fingerprint density at radius 3 is 2.34 bits per heavy atom. The van der Waals surface area contributed by atoms with E-state index in [9.17, 15) is 13.2 Å². The monoisotopic (exact) mass is 410 g/mol. The van der Waals surface area contributed by atoms with Gasteiger partial charge in [0.05, 0.1) is 12.0 Å². The van der Waals surface area contributed by atoms with E-state index < -0.39 is 10.0 Å². The third kappa shape index (κ3) is 5.58. The van der Waals surface area contributed by atoms with E-state index in [1.54, 1.807) is 36.4 Å². The summed E-state index contributed by atoms with van der Waals surface area (Å²) in [6.07, 6.45) is 0.741. The molecule has 3 rings (SSSR count). The Hall–Kier alpha value is -3.32. The van der Waals surface area contributed by atoms with Crippen molar-refractivity contribution in [3.05, 3.63) is 90.0 Å². The van der Waals surface area contributed by atoms with E-state index >= 15 is 0 Å². The second-order valence-electron chi connectivity index (χ2n) is 6.35. The van der Waals surface area contributed by atoms with Gasteiger partial charge in [0.15, 0.2) is 0 Å². The minimum absolute atomic E-state index is 0.0968. The third-order valence-corrected chi connectivity index (χ3v) is 5.67. The molecule has 0 atom stereocenters. The SMILES string of the molecule is COc1cccc(S(=O)(=O)Nc2ccc(C(=O)NCCc3ccccc3)cc2)c1. The molecule has 2 N–H and O–H groups in total. The number of nitrogens with one attached hydrogen (secondary N) is 2. The molecule has 150 valence electrons. The summed E-state index contributed by atoms with van der Waals surface area (Å²) in [5.41, 5.74) is 1.98. The van der Waals surface area contributed by atoms with Crippen molar-refractivity contribution in [3.8, 4) is 5.75 Å². The number of anilines is 1. The molecule has 0 aliphatic rings. The van der Waals surface area contributed by atoms with Crippen LogP contribution in [0.5, 0.6) is 5.75 Å². The van der Waals surface area contributed by atoms with Crippen molar-refractivity contribution in [2.45, 2.75) is 11.3 Å². The molecule has 0 saturated heterocycles. The van der Waals surface area contributed by atoms with Crippen LogP contribution in [0.25, 0.3) is 0 Å². The van der Waals surface area contributed by atoms with Gasteiger partial charge in [0.1, 0.15) is 5.75 Å². The maximum Gasteiger partial charge on any atom is 0.262 e. The molecule has 1 amide bonds. The van der Waals surface area contributed by atoms with Crippen LogP contribution in [0.1, 0.15) is 15.9 Å². The van der Waals surface area contributed by atoms with Gasteiger partial charge in [-0.1, -0.05) is 36.4 Å². The van der Waals surface area contributed by atoms with Crippen LogP contribution < -0.4 is 14.8 Å². The lowest BCUT2D eigenvalue weighted by Crippen LogP contribution is -2.25. The summed E-state index contributed by atoms with van der Waals surface area (Å²) in [6, 6.07) is 22.4. The van der Waals surface area contributed by atoms with Crippen molar-refractivity contribution >= 4 is 21.6 Å². The summed E-state index contributed by atoms with van der Waals surface area (Å²) >= 11 is 0. The Kier molecular flexibility index (Phi) is 6.51. The summed E-state index contributed by atoms with van der Waals surface area (Å²) in [5, 5.41) is 2.86. The van der Waals surface area contributed by atoms with Crippen LogP contribution in [0.4, 0.5) is 5.69 Å². The van der Waals surface area contributed by atoms with Crippen molar-refractivity contribution in [2.24, 2.45) is 0 Å². The van der Waals surface area contributed by atoms with E-state index in [1.807, 2.05) is 30.3 Å². The first-order valence-electron chi connectivity index (χ1n) is 9.07. The number of methoxy groups -OCH3 is 1. The number of carbonyl (C=O) groups excluding carboxylic acids is 1. The fourth-order valence-corrected chi connectivity index (χ4v) is 3.83. The molecular weight excluding hydrogens is 388 g/mol. The van der Waals surface area contributed by atoms with Gasteiger partial charge in [0.25, 0.3) is 15.9 Å². The minimum Gasteiger partial charge on any atom is -0.497 e. The van der Waals surface area contributed by atoms with E-state index in [2.05, 4.69) is 10.0 Å². The number of sulfonamides is 1. The Morgan fingerprint density at radius 1 is 0.931 bits per heavy atom. The van der Waals surface area contributed by atoms with Crippen molar-refractivity contribution in [2.75, 3.05) is 18.4 Å². The Bertz CT molecular complexity index is 1070. The van der Waals surface area contributed by atoms with Crippen LogP contribution >= 0.6 is 0 Å². The van der Waals surface area contributed by atoms with Gasteiger partial charge < -0.3 is 10.1 Å². The summed E-state index contributed by atoms with van der Waals surface area (Å²) < 4.78 is 32.6. The molecule has 0 aliphatic carbocycles. The van der Waals surface area contributed by atoms with Crippen molar-refractivity contribution in [3.63, 3.8) is 0 Å². The van der Waals surface area contributed by atoms with Crippen molar-refractivity contribution in [1.82, 2.24) is 5.32 Å². The first-order chi connectivity index (χ1) is 14.0. The Labute approximate surface area is 170 Å². The third-order valence-electron chi connectivity index (χ3n) is 4.29. The lowest BCUT2D eigenvalue weighted by Gasteiger charge is -2.10. The van der Waals surface area contributed by atoms with Gasteiger partial charge in [0.2, 0.25) is 0 Å². The first-order valence-corrected chi connectivity index (χ1v) is 10.6. The second kappa shape index (κ2) is 9.25. The van der Waals surface area contributed by atoms with E-state index in [4.69, 9.17) is 4.74 Å². The molecule has 0 saturated carbocycles. The number of amides is 1. The predicted octanol–water partition coefficient (Wildman–Crippen LogP) is 3.47. The smallest absolute Gasteiger partial charge is 0.262 e. The number of hydrogen-bond donors (Lipinski definition) is 2. The Balaban J connectivity index is 1.59. The largest absolute Gasteiger partial charge is 0.497 e. The molecule has 7 heteroatoms. The van der Waals surface area contributed by atoms with E-state index in [1.165, 1.54) is 19.2 Å². The summed E-state index contributed by atoms with van der Waals surface area (Å²) in [7, 11) is -2.28. The highest BCUT2D eigenvalue weighted by molar-refractivity contribution is 7.92. The average Bonchev–Trinajstić information content (AvgIpc) is 2.75. The van der Waals surface area contributed by atoms with Crippen molar-refractivity contribution < 1.29 is 17.9 Å². The van der Waals surface area contributed by atoms with Crippen LogP contribution in [0.15, 0.2) is 83.8 Å². The van der Waals surface area contributed by atoms with E-state index in [-0.39, 0.29) is 10.8 Å². The number of benzene rings is 3. The molecule has 29 heavy (non-hydrogen) atoms. The van der Waals surface area contributed by atoms with Gasteiger partial charge in [-0.3, -0.25) is 9.52 Å². The molecule has 3 aromatic carbocycles. The zero-order valence-electron chi connectivity index (χ0n) is 16.0. The fraction of sp³-hybridized carbons (Fsp3) is 0.136. The van der Waals surface area contributed by atoms with Crippen LogP contribution in [0, 0.1) is 0 Å². The molecule has 0 unspecified atom stereocenters. The van der Waals surface area contributed by atoms with Gasteiger partial charge >= 0.3 is 0 Å². The Morgan fingerprint density at radius 2 is 1.66 bits per heavy atom. The quantitative estimate of drug-likeness (QED) is 0.596.